The number of amides is 1. The van der Waals surface area contributed by atoms with Crippen molar-refractivity contribution in [3.05, 3.63) is 0 Å². The minimum absolute atomic E-state index is 0.0338. The Labute approximate surface area is 74.1 Å². The fraction of sp³-hybridized carbons (Fsp3) is 0.875. The van der Waals surface area contributed by atoms with E-state index in [0.717, 1.165) is 13.1 Å². The van der Waals surface area contributed by atoms with Gasteiger partial charge in [0, 0.05) is 32.6 Å². The van der Waals surface area contributed by atoms with Crippen LogP contribution in [0.4, 0.5) is 0 Å². The average molecular weight is 173 g/mol. The fourth-order valence-corrected chi connectivity index (χ4v) is 1.11. The van der Waals surface area contributed by atoms with Crippen molar-refractivity contribution in [2.45, 2.75) is 6.92 Å². The summed E-state index contributed by atoms with van der Waals surface area (Å²) < 4.78 is 0. The molecule has 12 heavy (non-hydrogen) atoms. The summed E-state index contributed by atoms with van der Waals surface area (Å²) in [4.78, 5) is 13.1. The smallest absolute Gasteiger partial charge is 0.223 e. The monoisotopic (exact) mass is 173 g/mol. The Hall–Kier alpha value is -0.610. The molecule has 0 saturated carbocycles. The fourth-order valence-electron chi connectivity index (χ4n) is 1.11. The van der Waals surface area contributed by atoms with Crippen LogP contribution in [0.15, 0.2) is 0 Å². The van der Waals surface area contributed by atoms with Gasteiger partial charge in [0.25, 0.3) is 0 Å². The third-order valence-electron chi connectivity index (χ3n) is 1.79. The van der Waals surface area contributed by atoms with E-state index in [1.165, 1.54) is 0 Å². The predicted octanol–water partition coefficient (Wildman–Crippen LogP) is -0.741. The summed E-state index contributed by atoms with van der Waals surface area (Å²) in [7, 11) is 3.62. The summed E-state index contributed by atoms with van der Waals surface area (Å²) in [6.45, 7) is 4.14. The lowest BCUT2D eigenvalue weighted by Gasteiger charge is -2.19. The van der Waals surface area contributed by atoms with Gasteiger partial charge < -0.3 is 16.0 Å². The van der Waals surface area contributed by atoms with E-state index in [-0.39, 0.29) is 11.8 Å². The number of hydrogen-bond donors (Lipinski definition) is 2. The topological polar surface area (TPSA) is 58.4 Å². The third-order valence-corrected chi connectivity index (χ3v) is 1.79. The van der Waals surface area contributed by atoms with Crippen LogP contribution in [0, 0.1) is 5.92 Å². The molecule has 0 aromatic rings. The maximum Gasteiger partial charge on any atom is 0.223 e. The van der Waals surface area contributed by atoms with E-state index in [1.54, 1.807) is 7.05 Å². The number of hydrogen-bond acceptors (Lipinski definition) is 3. The van der Waals surface area contributed by atoms with E-state index in [9.17, 15) is 4.79 Å². The van der Waals surface area contributed by atoms with E-state index < -0.39 is 0 Å². The van der Waals surface area contributed by atoms with Crippen LogP contribution in [0.5, 0.6) is 0 Å². The zero-order valence-electron chi connectivity index (χ0n) is 8.13. The first kappa shape index (κ1) is 11.4. The number of rotatable bonds is 5. The Morgan fingerprint density at radius 3 is 2.67 bits per heavy atom. The van der Waals surface area contributed by atoms with E-state index in [1.807, 2.05) is 14.0 Å². The Kier molecular flexibility index (Phi) is 5.66. The van der Waals surface area contributed by atoms with Gasteiger partial charge in [0.15, 0.2) is 0 Å². The van der Waals surface area contributed by atoms with Crippen molar-refractivity contribution in [1.29, 1.82) is 0 Å². The molecule has 0 heterocycles. The molecule has 72 valence electrons. The van der Waals surface area contributed by atoms with Crippen LogP contribution in [0.3, 0.4) is 0 Å². The van der Waals surface area contributed by atoms with Crippen molar-refractivity contribution in [2.75, 3.05) is 33.7 Å². The Balaban J connectivity index is 3.67. The third kappa shape index (κ3) is 4.31. The summed E-state index contributed by atoms with van der Waals surface area (Å²) in [5, 5.41) is 2.62. The second kappa shape index (κ2) is 5.97. The van der Waals surface area contributed by atoms with Crippen molar-refractivity contribution < 1.29 is 4.79 Å². The zero-order valence-corrected chi connectivity index (χ0v) is 8.13. The van der Waals surface area contributed by atoms with Gasteiger partial charge in [0.2, 0.25) is 5.91 Å². The molecule has 0 bridgehead atoms. The summed E-state index contributed by atoms with van der Waals surface area (Å²) in [6.07, 6.45) is 0. The lowest BCUT2D eigenvalue weighted by molar-refractivity contribution is -0.124. The van der Waals surface area contributed by atoms with E-state index in [2.05, 4.69) is 10.2 Å². The largest absolute Gasteiger partial charge is 0.359 e. The molecule has 1 amide bonds. The average Bonchev–Trinajstić information content (AvgIpc) is 2.03. The minimum Gasteiger partial charge on any atom is -0.359 e. The van der Waals surface area contributed by atoms with E-state index in [0.29, 0.717) is 6.54 Å². The highest BCUT2D eigenvalue weighted by atomic mass is 16.1. The highest BCUT2D eigenvalue weighted by Gasteiger charge is 2.12. The summed E-state index contributed by atoms with van der Waals surface area (Å²) in [6, 6.07) is 0. The van der Waals surface area contributed by atoms with Gasteiger partial charge in [-0.2, -0.15) is 0 Å². The molecule has 0 aromatic carbocycles. The molecule has 3 N–H and O–H groups in total. The highest BCUT2D eigenvalue weighted by Crippen LogP contribution is 1.96. The van der Waals surface area contributed by atoms with Gasteiger partial charge in [0.05, 0.1) is 0 Å². The van der Waals surface area contributed by atoms with Crippen molar-refractivity contribution in [3.8, 4) is 0 Å². The Morgan fingerprint density at radius 2 is 2.25 bits per heavy atom. The highest BCUT2D eigenvalue weighted by molar-refractivity contribution is 5.78. The molecule has 0 saturated heterocycles. The summed E-state index contributed by atoms with van der Waals surface area (Å²) in [5.74, 6) is 0.116. The van der Waals surface area contributed by atoms with Crippen LogP contribution in [-0.4, -0.2) is 44.5 Å². The van der Waals surface area contributed by atoms with Crippen LogP contribution >= 0.6 is 0 Å². The number of nitrogens with zero attached hydrogens (tertiary/aromatic N) is 1. The molecule has 0 aromatic heterocycles. The molecule has 1 atom stereocenters. The van der Waals surface area contributed by atoms with Crippen LogP contribution < -0.4 is 11.1 Å². The molecule has 0 aliphatic heterocycles. The standard InChI is InChI=1S/C8H19N3O/c1-7(8(12)10-2)6-11(3)5-4-9/h7H,4-6,9H2,1-3H3,(H,10,12)/t7-/m0/s1. The van der Waals surface area contributed by atoms with Crippen molar-refractivity contribution in [1.82, 2.24) is 10.2 Å². The molecular formula is C8H19N3O. The Bertz CT molecular complexity index is 138. The van der Waals surface area contributed by atoms with Crippen LogP contribution in [0.2, 0.25) is 0 Å². The van der Waals surface area contributed by atoms with Gasteiger partial charge >= 0.3 is 0 Å². The zero-order chi connectivity index (χ0) is 9.56. The first-order chi connectivity index (χ1) is 5.61. The second-order valence-corrected chi connectivity index (χ2v) is 3.07. The van der Waals surface area contributed by atoms with Gasteiger partial charge in [-0.3, -0.25) is 4.79 Å². The maximum absolute atomic E-state index is 11.1. The predicted molar refractivity (Wildman–Crippen MR) is 49.8 cm³/mol. The quantitative estimate of drug-likeness (QED) is 0.575. The number of likely N-dealkylation sites (N-methyl/N-ethyl adjacent to an activating group) is 1. The number of nitrogens with one attached hydrogen (secondary N) is 1. The van der Waals surface area contributed by atoms with Crippen molar-refractivity contribution in [2.24, 2.45) is 11.7 Å². The lowest BCUT2D eigenvalue weighted by atomic mass is 10.1. The van der Waals surface area contributed by atoms with Crippen LogP contribution in [0.1, 0.15) is 6.92 Å². The maximum atomic E-state index is 11.1. The molecular weight excluding hydrogens is 154 g/mol. The van der Waals surface area contributed by atoms with Crippen LogP contribution in [0.25, 0.3) is 0 Å². The molecule has 0 radical (unpaired) electrons. The minimum atomic E-state index is 0.0338. The van der Waals surface area contributed by atoms with Crippen LogP contribution in [-0.2, 0) is 4.79 Å². The molecule has 0 fully saturated rings. The van der Waals surface area contributed by atoms with Gasteiger partial charge in [-0.1, -0.05) is 6.92 Å². The first-order valence-electron chi connectivity index (χ1n) is 4.22. The number of nitrogens with two attached hydrogens (primary N) is 1. The van der Waals surface area contributed by atoms with Crippen molar-refractivity contribution >= 4 is 5.91 Å². The van der Waals surface area contributed by atoms with Crippen molar-refractivity contribution in [3.63, 3.8) is 0 Å². The lowest BCUT2D eigenvalue weighted by Crippen LogP contribution is -2.36. The Morgan fingerprint density at radius 1 is 1.67 bits per heavy atom. The molecule has 0 spiro atoms. The molecule has 0 aliphatic rings. The first-order valence-corrected chi connectivity index (χ1v) is 4.22. The van der Waals surface area contributed by atoms with Gasteiger partial charge in [-0.05, 0) is 7.05 Å². The van der Waals surface area contributed by atoms with Gasteiger partial charge in [0.1, 0.15) is 0 Å². The molecule has 0 rings (SSSR count). The molecule has 4 heteroatoms. The van der Waals surface area contributed by atoms with E-state index >= 15 is 0 Å². The molecule has 0 aliphatic carbocycles. The normalized spacial score (nSPS) is 13.1. The summed E-state index contributed by atoms with van der Waals surface area (Å²) in [5.41, 5.74) is 5.37. The molecule has 4 nitrogen and oxygen atoms in total. The van der Waals surface area contributed by atoms with Gasteiger partial charge in [-0.25, -0.2) is 0 Å². The number of carbonyl (C=O) groups is 1. The van der Waals surface area contributed by atoms with Gasteiger partial charge in [-0.15, -0.1) is 0 Å². The SMILES string of the molecule is CNC(=O)[C@@H](C)CN(C)CCN. The molecule has 0 unspecified atom stereocenters. The number of carbonyl (C=O) groups excluding carboxylic acids is 1. The second-order valence-electron chi connectivity index (χ2n) is 3.07. The van der Waals surface area contributed by atoms with E-state index in [4.69, 9.17) is 5.73 Å². The summed E-state index contributed by atoms with van der Waals surface area (Å²) >= 11 is 0.